The summed E-state index contributed by atoms with van der Waals surface area (Å²) in [6.07, 6.45) is -1.80. The van der Waals surface area contributed by atoms with Crippen LogP contribution in [-0.4, -0.2) is 54.2 Å². The first kappa shape index (κ1) is 11.9. The molecule has 0 saturated carbocycles. The second-order valence-electron chi connectivity index (χ2n) is 3.43. The summed E-state index contributed by atoms with van der Waals surface area (Å²) in [5.74, 6) is 0. The third kappa shape index (κ3) is 2.24. The minimum Gasteiger partial charge on any atom is -0.394 e. The molecule has 1 fully saturated rings. The van der Waals surface area contributed by atoms with Crippen LogP contribution in [0.2, 0.25) is 0 Å². The van der Waals surface area contributed by atoms with E-state index >= 15 is 0 Å². The molecule has 8 heteroatoms. The molecular formula is C8H11IN2O5. The largest absolute Gasteiger partial charge is 0.394 e. The Morgan fingerprint density at radius 3 is 2.94 bits per heavy atom. The molecular weight excluding hydrogens is 331 g/mol. The van der Waals surface area contributed by atoms with Crippen molar-refractivity contribution in [3.63, 3.8) is 0 Å². The number of imide groups is 1. The average molecular weight is 342 g/mol. The van der Waals surface area contributed by atoms with Gasteiger partial charge in [0.25, 0.3) is 3.91 Å². The minimum atomic E-state index is -0.861. The van der Waals surface area contributed by atoms with E-state index in [0.29, 0.717) is 0 Å². The van der Waals surface area contributed by atoms with Crippen LogP contribution in [0.4, 0.5) is 9.59 Å². The number of halogens is 1. The molecule has 3 atom stereocenters. The number of rotatable bonds is 2. The fourth-order valence-corrected chi connectivity index (χ4v) is 3.11. The first-order valence-electron chi connectivity index (χ1n) is 4.66. The summed E-state index contributed by atoms with van der Waals surface area (Å²) in [6.45, 7) is -0.291. The highest BCUT2D eigenvalue weighted by atomic mass is 127. The molecule has 2 heterocycles. The highest BCUT2D eigenvalue weighted by Gasteiger charge is 2.39. The van der Waals surface area contributed by atoms with E-state index in [-0.39, 0.29) is 16.9 Å². The molecule has 16 heavy (non-hydrogen) atoms. The number of ether oxygens (including phenoxy) is 1. The molecule has 7 nitrogen and oxygen atoms in total. The van der Waals surface area contributed by atoms with Gasteiger partial charge in [-0.1, -0.05) is 0 Å². The number of carbonyl (C=O) groups excluding carboxylic acids is 2. The van der Waals surface area contributed by atoms with E-state index in [1.165, 1.54) is 9.04 Å². The molecule has 0 aromatic rings. The lowest BCUT2D eigenvalue weighted by Gasteiger charge is -2.26. The van der Waals surface area contributed by atoms with Crippen LogP contribution in [0, 0.1) is 0 Å². The number of aliphatic hydroxyl groups excluding tert-OH is 2. The van der Waals surface area contributed by atoms with Crippen molar-refractivity contribution in [3.05, 3.63) is 0 Å². The summed E-state index contributed by atoms with van der Waals surface area (Å²) in [5, 5.41) is 20.6. The van der Waals surface area contributed by atoms with Gasteiger partial charge in [0.2, 0.25) is 0 Å². The molecule has 2 aliphatic rings. The van der Waals surface area contributed by atoms with Gasteiger partial charge in [0.05, 0.1) is 12.7 Å². The maximum absolute atomic E-state index is 11.4. The average Bonchev–Trinajstić information content (AvgIpc) is 2.59. The summed E-state index contributed by atoms with van der Waals surface area (Å²) in [4.78, 5) is 23.7. The van der Waals surface area contributed by atoms with E-state index in [1.807, 2.05) is 0 Å². The number of nitrogens with one attached hydrogen (secondary N) is 1. The Labute approximate surface area is 101 Å². The van der Waals surface area contributed by atoms with Gasteiger partial charge in [-0.25, -0.2) is 4.79 Å². The summed E-state index contributed by atoms with van der Waals surface area (Å²) in [7, 11) is 0. The summed E-state index contributed by atoms with van der Waals surface area (Å²) in [6, 6.07) is -0.535. The van der Waals surface area contributed by atoms with Crippen LogP contribution >= 0.6 is 20.7 Å². The van der Waals surface area contributed by atoms with Gasteiger partial charge in [-0.3, -0.25) is 15.0 Å². The molecule has 90 valence electrons. The molecule has 0 aromatic carbocycles. The molecule has 2 aliphatic heterocycles. The van der Waals surface area contributed by atoms with Gasteiger partial charge in [-0.15, -0.1) is 0 Å². The third-order valence-corrected chi connectivity index (χ3v) is 4.10. The Morgan fingerprint density at radius 2 is 2.38 bits per heavy atom. The molecule has 0 unspecified atom stereocenters. The van der Waals surface area contributed by atoms with Gasteiger partial charge in [-0.2, -0.15) is 0 Å². The number of amides is 3. The number of nitrogens with zero attached hydrogens (tertiary/aromatic N) is 1. The van der Waals surface area contributed by atoms with Crippen molar-refractivity contribution in [3.8, 4) is 0 Å². The first-order chi connectivity index (χ1) is 7.61. The molecule has 3 N–H and O–H groups in total. The molecule has 0 radical (unpaired) electrons. The van der Waals surface area contributed by atoms with Gasteiger partial charge in [0.15, 0.2) is 0 Å². The lowest BCUT2D eigenvalue weighted by molar-refractivity contribution is -0.0470. The molecule has 0 aliphatic carbocycles. The van der Waals surface area contributed by atoms with Crippen molar-refractivity contribution in [2.45, 2.75) is 24.9 Å². The van der Waals surface area contributed by atoms with Crippen LogP contribution in [0.5, 0.6) is 0 Å². The van der Waals surface area contributed by atoms with Gasteiger partial charge >= 0.3 is 6.03 Å². The number of aliphatic hydroxyl groups is 2. The quantitative estimate of drug-likeness (QED) is 0.351. The maximum Gasteiger partial charge on any atom is 0.331 e. The summed E-state index contributed by atoms with van der Waals surface area (Å²) in [5.41, 5.74) is 0. The van der Waals surface area contributed by atoms with Crippen LogP contribution in [0.25, 0.3) is 0 Å². The normalized spacial score (nSPS) is 34.9. The number of hydrogen-bond donors (Lipinski definition) is 3. The van der Waals surface area contributed by atoms with Crippen molar-refractivity contribution in [2.24, 2.45) is 0 Å². The van der Waals surface area contributed by atoms with Crippen molar-refractivity contribution >= 4 is 34.8 Å². The van der Waals surface area contributed by atoms with Crippen LogP contribution in [0.3, 0.4) is 0 Å². The number of hydrogen-bond acceptors (Lipinski definition) is 5. The fourth-order valence-electron chi connectivity index (χ4n) is 1.56. The molecule has 2 rings (SSSR count). The lowest BCUT2D eigenvalue weighted by atomic mass is 10.2. The van der Waals surface area contributed by atoms with Crippen LogP contribution in [0.1, 0.15) is 6.42 Å². The topological polar surface area (TPSA) is 99.1 Å². The molecule has 3 amide bonds. The van der Waals surface area contributed by atoms with Gasteiger partial charge < -0.3 is 14.9 Å². The van der Waals surface area contributed by atoms with E-state index in [4.69, 9.17) is 9.84 Å². The number of urea groups is 1. The van der Waals surface area contributed by atoms with Crippen LogP contribution < -0.4 is 5.32 Å². The predicted molar refractivity (Wildman–Crippen MR) is 62.2 cm³/mol. The lowest BCUT2D eigenvalue weighted by Crippen LogP contribution is -2.48. The highest BCUT2D eigenvalue weighted by molar-refractivity contribution is 14.2. The van der Waals surface area contributed by atoms with Crippen molar-refractivity contribution in [1.82, 2.24) is 10.2 Å². The van der Waals surface area contributed by atoms with E-state index in [1.54, 1.807) is 0 Å². The van der Waals surface area contributed by atoms with E-state index in [0.717, 1.165) is 0 Å². The van der Waals surface area contributed by atoms with Gasteiger partial charge in [0.1, 0.15) is 12.3 Å². The van der Waals surface area contributed by atoms with Crippen LogP contribution in [0.15, 0.2) is 0 Å². The monoisotopic (exact) mass is 342 g/mol. The van der Waals surface area contributed by atoms with E-state index < -0.39 is 45.2 Å². The minimum absolute atomic E-state index is 0.243. The van der Waals surface area contributed by atoms with Gasteiger partial charge in [0, 0.05) is 31.3 Å². The maximum atomic E-state index is 11.4. The first-order valence-corrected chi connectivity index (χ1v) is 6.98. The Hall–Kier alpha value is -0.580. The summed E-state index contributed by atoms with van der Waals surface area (Å²) >= 11 is -0.861. The Morgan fingerprint density at radius 1 is 1.62 bits per heavy atom. The highest BCUT2D eigenvalue weighted by Crippen LogP contribution is 2.24. The second kappa shape index (κ2) is 4.73. The SMILES string of the molecule is O=C1NC(=O)N([C@H]2C[C@H](O)[C@@H](CO)O2)C=I1. The predicted octanol–water partition coefficient (Wildman–Crippen LogP) is -0.670. The Balaban J connectivity index is 2.07. The molecule has 0 bridgehead atoms. The van der Waals surface area contributed by atoms with Crippen molar-refractivity contribution < 1.29 is 24.5 Å². The zero-order chi connectivity index (χ0) is 11.7. The molecule has 0 spiro atoms. The molecule has 1 saturated heterocycles. The van der Waals surface area contributed by atoms with E-state index in [9.17, 15) is 14.7 Å². The number of carbonyl (C=O) groups is 2. The van der Waals surface area contributed by atoms with Gasteiger partial charge in [-0.05, 0) is 0 Å². The summed E-state index contributed by atoms with van der Waals surface area (Å²) < 4.78 is 6.59. The van der Waals surface area contributed by atoms with Crippen molar-refractivity contribution in [2.75, 3.05) is 6.61 Å². The van der Waals surface area contributed by atoms with Crippen LogP contribution in [-0.2, 0) is 4.74 Å². The zero-order valence-corrected chi connectivity index (χ0v) is 10.3. The second-order valence-corrected chi connectivity index (χ2v) is 5.59. The third-order valence-electron chi connectivity index (χ3n) is 2.39. The van der Waals surface area contributed by atoms with Crippen molar-refractivity contribution in [1.29, 1.82) is 0 Å². The zero-order valence-electron chi connectivity index (χ0n) is 8.17. The standard InChI is InChI=1S/C8H11IN2O5/c12-2-5-4(13)1-6(16-5)11-3-9-7(14)10-8(11)15/h3-6,12-13H,1-2H2,(H,10,14,15)/t4-,5+,6+/m0/s1. The Kier molecular flexibility index (Phi) is 3.52. The molecule has 0 aromatic heterocycles. The smallest absolute Gasteiger partial charge is 0.331 e. The van der Waals surface area contributed by atoms with E-state index in [2.05, 4.69) is 5.32 Å². The fraction of sp³-hybridized carbons (Fsp3) is 0.625. The Bertz CT molecular complexity index is 347.